The van der Waals surface area contributed by atoms with Crippen LogP contribution in [0.2, 0.25) is 5.02 Å². The van der Waals surface area contributed by atoms with Gasteiger partial charge < -0.3 is 10.6 Å². The number of carbonyl (C=O) groups is 1. The van der Waals surface area contributed by atoms with Crippen molar-refractivity contribution in [2.45, 2.75) is 12.5 Å². The van der Waals surface area contributed by atoms with Crippen LogP contribution >= 0.6 is 27.5 Å². The molecule has 0 aromatic heterocycles. The van der Waals surface area contributed by atoms with E-state index in [0.717, 1.165) is 0 Å². The highest BCUT2D eigenvalue weighted by atomic mass is 79.9. The van der Waals surface area contributed by atoms with Crippen LogP contribution in [0, 0.1) is 5.92 Å². The second-order valence-electron chi connectivity index (χ2n) is 5.03. The Balaban J connectivity index is 2.05. The molecule has 0 saturated carbocycles. The summed E-state index contributed by atoms with van der Waals surface area (Å²) in [6, 6.07) is 6.19. The van der Waals surface area contributed by atoms with Gasteiger partial charge in [-0.3, -0.25) is 4.79 Å². The Morgan fingerprint density at radius 3 is 3.04 bits per heavy atom. The fourth-order valence-electron chi connectivity index (χ4n) is 2.37. The number of carbonyl (C=O) groups excluding carboxylic acids is 1. The Morgan fingerprint density at radius 1 is 1.57 bits per heavy atom. The lowest BCUT2D eigenvalue weighted by Crippen LogP contribution is -2.40. The van der Waals surface area contributed by atoms with E-state index in [-0.39, 0.29) is 5.91 Å². The maximum absolute atomic E-state index is 14.3. The number of allylic oxidation sites excluding steroid dienone is 1. The Morgan fingerprint density at radius 2 is 2.35 bits per heavy atom. The number of anilines is 1. The van der Waals surface area contributed by atoms with Crippen LogP contribution in [0.25, 0.3) is 0 Å². The van der Waals surface area contributed by atoms with Crippen LogP contribution in [0.5, 0.6) is 0 Å². The first-order chi connectivity index (χ1) is 11.0. The van der Waals surface area contributed by atoms with Crippen molar-refractivity contribution in [1.82, 2.24) is 5.32 Å². The van der Waals surface area contributed by atoms with E-state index in [0.29, 0.717) is 28.3 Å². The standard InChI is InChI=1S/C16H16BrClFN3O/c1-10(17)20-8-6-14(19)13-5-7-21-15(13)16(23)22-12-4-2-3-11(18)9-12/h2-4,6,8-9,13,15,21H,1,5,7H2,(H,22,23)/b14-6-,20-8?. The molecule has 0 aliphatic carbocycles. The zero-order valence-corrected chi connectivity index (χ0v) is 14.6. The fourth-order valence-corrected chi connectivity index (χ4v) is 2.68. The number of amides is 1. The lowest BCUT2D eigenvalue weighted by Gasteiger charge is -2.17. The average Bonchev–Trinajstić information content (AvgIpc) is 2.96. The van der Waals surface area contributed by atoms with Crippen LogP contribution in [0.3, 0.4) is 0 Å². The molecule has 1 aromatic rings. The van der Waals surface area contributed by atoms with Crippen molar-refractivity contribution in [2.24, 2.45) is 10.9 Å². The van der Waals surface area contributed by atoms with Crippen LogP contribution in [-0.2, 0) is 4.79 Å². The number of hydrogen-bond donors (Lipinski definition) is 2. The lowest BCUT2D eigenvalue weighted by atomic mass is 9.98. The largest absolute Gasteiger partial charge is 0.325 e. The maximum Gasteiger partial charge on any atom is 0.242 e. The molecule has 1 aliphatic rings. The molecule has 4 nitrogen and oxygen atoms in total. The normalized spacial score (nSPS) is 21.6. The van der Waals surface area contributed by atoms with Gasteiger partial charge >= 0.3 is 0 Å². The van der Waals surface area contributed by atoms with Crippen LogP contribution in [0.4, 0.5) is 10.1 Å². The Hall–Kier alpha value is -1.50. The molecular weight excluding hydrogens is 385 g/mol. The molecule has 7 heteroatoms. The summed E-state index contributed by atoms with van der Waals surface area (Å²) in [5, 5.41) is 6.30. The summed E-state index contributed by atoms with van der Waals surface area (Å²) in [7, 11) is 0. The molecule has 1 saturated heterocycles. The SMILES string of the molecule is C=C(Br)N=C/C=C(\F)C1CCNC1C(=O)Nc1cccc(Cl)c1. The van der Waals surface area contributed by atoms with Gasteiger partial charge in [0.2, 0.25) is 5.91 Å². The molecule has 0 spiro atoms. The van der Waals surface area contributed by atoms with E-state index >= 15 is 0 Å². The highest BCUT2D eigenvalue weighted by Crippen LogP contribution is 2.26. The monoisotopic (exact) mass is 399 g/mol. The van der Waals surface area contributed by atoms with Gasteiger partial charge in [-0.25, -0.2) is 9.38 Å². The minimum atomic E-state index is -0.634. The molecule has 1 aromatic carbocycles. The molecule has 1 amide bonds. The van der Waals surface area contributed by atoms with Gasteiger partial charge in [0.25, 0.3) is 0 Å². The summed E-state index contributed by atoms with van der Waals surface area (Å²) in [5.74, 6) is -1.21. The van der Waals surface area contributed by atoms with Gasteiger partial charge in [-0.15, -0.1) is 0 Å². The number of hydrogen-bond acceptors (Lipinski definition) is 3. The van der Waals surface area contributed by atoms with E-state index in [1.807, 2.05) is 0 Å². The molecule has 0 radical (unpaired) electrons. The van der Waals surface area contributed by atoms with Crippen LogP contribution < -0.4 is 10.6 Å². The molecule has 2 rings (SSSR count). The quantitative estimate of drug-likeness (QED) is 0.579. The summed E-state index contributed by atoms with van der Waals surface area (Å²) < 4.78 is 14.7. The van der Waals surface area contributed by atoms with Crippen LogP contribution in [0.1, 0.15) is 6.42 Å². The summed E-state index contributed by atoms with van der Waals surface area (Å²) in [6.07, 6.45) is 3.11. The van der Waals surface area contributed by atoms with E-state index in [4.69, 9.17) is 11.6 Å². The van der Waals surface area contributed by atoms with E-state index in [1.165, 1.54) is 12.3 Å². The predicted octanol–water partition coefficient (Wildman–Crippen LogP) is 4.05. The van der Waals surface area contributed by atoms with Gasteiger partial charge in [0.1, 0.15) is 5.83 Å². The number of benzene rings is 1. The van der Waals surface area contributed by atoms with Gasteiger partial charge in [0.05, 0.1) is 10.6 Å². The number of nitrogens with zero attached hydrogens (tertiary/aromatic N) is 1. The smallest absolute Gasteiger partial charge is 0.242 e. The zero-order chi connectivity index (χ0) is 16.8. The molecule has 0 bridgehead atoms. The molecule has 2 unspecified atom stereocenters. The van der Waals surface area contributed by atoms with Crippen molar-refractivity contribution < 1.29 is 9.18 Å². The third kappa shape index (κ3) is 5.27. The molecule has 2 atom stereocenters. The van der Waals surface area contributed by atoms with Crippen LogP contribution in [0.15, 0.2) is 52.3 Å². The van der Waals surface area contributed by atoms with Crippen molar-refractivity contribution in [3.05, 3.63) is 52.4 Å². The van der Waals surface area contributed by atoms with Crippen molar-refractivity contribution in [3.63, 3.8) is 0 Å². The number of rotatable bonds is 5. The second-order valence-corrected chi connectivity index (χ2v) is 6.38. The molecule has 1 heterocycles. The van der Waals surface area contributed by atoms with Gasteiger partial charge in [-0.1, -0.05) is 24.2 Å². The summed E-state index contributed by atoms with van der Waals surface area (Å²) in [5.41, 5.74) is 0.580. The second kappa shape index (κ2) is 8.38. The minimum Gasteiger partial charge on any atom is -0.325 e. The predicted molar refractivity (Wildman–Crippen MR) is 95.7 cm³/mol. The van der Waals surface area contributed by atoms with E-state index < -0.39 is 17.8 Å². The van der Waals surface area contributed by atoms with Crippen LogP contribution in [-0.4, -0.2) is 24.7 Å². The molecule has 122 valence electrons. The van der Waals surface area contributed by atoms with E-state index in [1.54, 1.807) is 24.3 Å². The first-order valence-electron chi connectivity index (χ1n) is 7.01. The van der Waals surface area contributed by atoms with Crippen molar-refractivity contribution >= 4 is 45.3 Å². The van der Waals surface area contributed by atoms with Gasteiger partial charge in [-0.2, -0.15) is 0 Å². The molecule has 1 aliphatic heterocycles. The zero-order valence-electron chi connectivity index (χ0n) is 12.2. The van der Waals surface area contributed by atoms with Gasteiger partial charge in [0, 0.05) is 22.8 Å². The molecule has 23 heavy (non-hydrogen) atoms. The summed E-state index contributed by atoms with van der Waals surface area (Å²) in [4.78, 5) is 16.2. The van der Waals surface area contributed by atoms with E-state index in [9.17, 15) is 9.18 Å². The van der Waals surface area contributed by atoms with Gasteiger partial charge in [0.15, 0.2) is 0 Å². The average molecular weight is 401 g/mol. The summed E-state index contributed by atoms with van der Waals surface area (Å²) in [6.45, 7) is 4.10. The Bertz CT molecular complexity index is 662. The molecule has 1 fully saturated rings. The third-order valence-electron chi connectivity index (χ3n) is 3.40. The summed E-state index contributed by atoms with van der Waals surface area (Å²) >= 11 is 8.94. The highest BCUT2D eigenvalue weighted by Gasteiger charge is 2.35. The van der Waals surface area contributed by atoms with E-state index in [2.05, 4.69) is 38.1 Å². The first kappa shape index (κ1) is 17.8. The molecular formula is C16H16BrClFN3O. The van der Waals surface area contributed by atoms with Gasteiger partial charge in [-0.05, 0) is 53.2 Å². The number of aliphatic imine (C=N–C) groups is 1. The minimum absolute atomic E-state index is 0.292. The fraction of sp³-hybridized carbons (Fsp3) is 0.250. The number of halogens is 3. The van der Waals surface area contributed by atoms with Crippen molar-refractivity contribution in [2.75, 3.05) is 11.9 Å². The first-order valence-corrected chi connectivity index (χ1v) is 8.18. The highest BCUT2D eigenvalue weighted by molar-refractivity contribution is 9.11. The van der Waals surface area contributed by atoms with Crippen molar-refractivity contribution in [1.29, 1.82) is 0 Å². The Labute approximate surface area is 147 Å². The molecule has 2 N–H and O–H groups in total. The number of nitrogens with one attached hydrogen (secondary N) is 2. The van der Waals surface area contributed by atoms with Crippen molar-refractivity contribution in [3.8, 4) is 0 Å². The topological polar surface area (TPSA) is 53.5 Å². The maximum atomic E-state index is 14.3. The third-order valence-corrected chi connectivity index (χ3v) is 3.84. The lowest BCUT2D eigenvalue weighted by molar-refractivity contribution is -0.118. The Kier molecular flexibility index (Phi) is 6.50.